The number of ether oxygens (including phenoxy) is 2. The molecule has 16 nitrogen and oxygen atoms in total. The van der Waals surface area contributed by atoms with Gasteiger partial charge in [0.2, 0.25) is 17.7 Å². The van der Waals surface area contributed by atoms with Gasteiger partial charge in [0.1, 0.15) is 30.0 Å². The number of hydrogen-bond donors (Lipinski definition) is 7. The molecule has 4 aliphatic rings. The third-order valence-electron chi connectivity index (χ3n) is 16.3. The first kappa shape index (κ1) is 65.3. The van der Waals surface area contributed by atoms with Crippen molar-refractivity contribution >= 4 is 35.4 Å². The average molecular weight is 1090 g/mol. The van der Waals surface area contributed by atoms with E-state index < -0.39 is 89.7 Å². The maximum absolute atomic E-state index is 14.1. The molecule has 16 heteroatoms. The summed E-state index contributed by atoms with van der Waals surface area (Å²) < 4.78 is 12.5. The van der Waals surface area contributed by atoms with Crippen LogP contribution in [-0.2, 0) is 44.7 Å². The van der Waals surface area contributed by atoms with Crippen molar-refractivity contribution in [2.45, 2.75) is 208 Å². The van der Waals surface area contributed by atoms with Gasteiger partial charge < -0.3 is 45.5 Å². The normalized spacial score (nSPS) is 32.7. The number of fused-ring (bicyclic) bond motifs is 2. The molecule has 0 aliphatic carbocycles. The number of ketones is 1. The number of Topliss-reactive ketones (excluding diaryl/α,β-unsaturated/α-hetero) is 1. The molecule has 1 unspecified atom stereocenters. The Bertz CT molecular complexity index is 2300. The van der Waals surface area contributed by atoms with E-state index in [1.54, 1.807) is 39.0 Å². The van der Waals surface area contributed by atoms with Crippen LogP contribution in [0.1, 0.15) is 153 Å². The van der Waals surface area contributed by atoms with Crippen molar-refractivity contribution < 1.29 is 53.6 Å². The van der Waals surface area contributed by atoms with Gasteiger partial charge in [0.05, 0.1) is 30.3 Å². The van der Waals surface area contributed by atoms with Crippen molar-refractivity contribution in [3.8, 4) is 0 Å². The topological polar surface area (TPSA) is 233 Å². The summed E-state index contributed by atoms with van der Waals surface area (Å²) in [6, 6.07) is 6.26. The largest absolute Gasteiger partial charge is 0.456 e. The lowest BCUT2D eigenvalue weighted by molar-refractivity contribution is -0.179. The molecule has 0 radical (unpaired) electrons. The Morgan fingerprint density at radius 3 is 2.31 bits per heavy atom. The highest BCUT2D eigenvalue weighted by Gasteiger charge is 2.51. The molecule has 0 aromatic heterocycles. The van der Waals surface area contributed by atoms with E-state index in [1.165, 1.54) is 18.0 Å². The Labute approximate surface area is 465 Å². The number of nitrogens with zero attached hydrogens (tertiary/aromatic N) is 1. The standard InChI is InChI=1S/C39H56N4O8.C23H39NO3/c1-7-25(4)33-19-13-9-12-18-32(45)27(6)35(46)29(21-20-26(5)44)36(47)41-34(24(2)3)37(48)40-31(23-28-15-10-8-11-16-28)38(49)43-22-14-17-30(42-43)39(50)51-33;1-7-9-10-11-15(3)20(25)14-21-16(4)12-17(5)23(27-21)18(6)13-19(8-2)22(26)24-23/h7-13,15-16,18,24,27,29-35,42,45-46H,14,17,19-23H2,1-6H3,(H,40,48)(H,41,47);7,9,12,15-16,18-21,25H,8,10-11,13-14H2,1-6H3,(H,24,26)/b13-9+,18-12+,25-7+;9-7+/t27-,29+,30?,31-,32-,33-,34-,35+;15-,16+,18-,19-,20-,21-,23-/m00/s1. The summed E-state index contributed by atoms with van der Waals surface area (Å²) in [5.41, 5.74) is 5.05. The predicted octanol–water partition coefficient (Wildman–Crippen LogP) is 7.68. The van der Waals surface area contributed by atoms with E-state index in [1.807, 2.05) is 57.2 Å². The zero-order valence-electron chi connectivity index (χ0n) is 48.7. The highest BCUT2D eigenvalue weighted by molar-refractivity contribution is 5.93. The fourth-order valence-electron chi connectivity index (χ4n) is 10.8. The third-order valence-corrected chi connectivity index (χ3v) is 16.3. The number of aliphatic hydroxyl groups excluding tert-OH is 3. The van der Waals surface area contributed by atoms with Crippen molar-refractivity contribution in [2.24, 2.45) is 41.4 Å². The molecule has 15 atom stereocenters. The zero-order chi connectivity index (χ0) is 57.9. The maximum atomic E-state index is 14.1. The van der Waals surface area contributed by atoms with Crippen LogP contribution in [0.25, 0.3) is 0 Å². The molecule has 1 spiro atoms. The molecule has 4 heterocycles. The molecule has 78 heavy (non-hydrogen) atoms. The molecule has 7 N–H and O–H groups in total. The van der Waals surface area contributed by atoms with Crippen LogP contribution in [0, 0.1) is 41.4 Å². The molecule has 1 aromatic carbocycles. The summed E-state index contributed by atoms with van der Waals surface area (Å²) in [6.07, 6.45) is 17.1. The van der Waals surface area contributed by atoms with Crippen LogP contribution in [0.2, 0.25) is 0 Å². The van der Waals surface area contributed by atoms with Crippen molar-refractivity contribution in [3.05, 3.63) is 95.6 Å². The number of carbonyl (C=O) groups excluding carboxylic acids is 6. The van der Waals surface area contributed by atoms with Crippen LogP contribution in [0.3, 0.4) is 0 Å². The predicted molar refractivity (Wildman–Crippen MR) is 304 cm³/mol. The minimum Gasteiger partial charge on any atom is -0.456 e. The van der Waals surface area contributed by atoms with Crippen molar-refractivity contribution in [2.75, 3.05) is 6.54 Å². The lowest BCUT2D eigenvalue weighted by Crippen LogP contribution is -2.64. The number of allylic oxidation sites excluding steroid dienone is 5. The van der Waals surface area contributed by atoms with Crippen molar-refractivity contribution in [3.63, 3.8) is 0 Å². The minimum absolute atomic E-state index is 0.0107. The van der Waals surface area contributed by atoms with Gasteiger partial charge in [-0.1, -0.05) is 127 Å². The average Bonchev–Trinajstić information content (AvgIpc) is 3.41. The van der Waals surface area contributed by atoms with E-state index in [4.69, 9.17) is 9.47 Å². The second-order valence-corrected chi connectivity index (χ2v) is 22.7. The summed E-state index contributed by atoms with van der Waals surface area (Å²) in [4.78, 5) is 79.8. The Hall–Kier alpha value is -5.26. The van der Waals surface area contributed by atoms with E-state index in [2.05, 4.69) is 74.2 Å². The van der Waals surface area contributed by atoms with Gasteiger partial charge in [-0.05, 0) is 108 Å². The Morgan fingerprint density at radius 2 is 1.67 bits per heavy atom. The van der Waals surface area contributed by atoms with Crippen molar-refractivity contribution in [1.82, 2.24) is 26.4 Å². The third kappa shape index (κ3) is 18.4. The Kier molecular flexibility index (Phi) is 26.4. The van der Waals surface area contributed by atoms with Gasteiger partial charge >= 0.3 is 5.97 Å². The number of amides is 4. The van der Waals surface area contributed by atoms with Crippen LogP contribution in [0.4, 0.5) is 0 Å². The number of piperidine rings is 1. The smallest absolute Gasteiger partial charge is 0.325 e. The number of benzene rings is 1. The molecular weight excluding hydrogens is 991 g/mol. The zero-order valence-corrected chi connectivity index (χ0v) is 48.7. The summed E-state index contributed by atoms with van der Waals surface area (Å²) in [6.45, 7) is 23.1. The van der Waals surface area contributed by atoms with Crippen LogP contribution in [0.15, 0.2) is 90.1 Å². The fraction of sp³-hybridized carbons (Fsp3) is 0.645. The van der Waals surface area contributed by atoms with Crippen LogP contribution in [-0.4, -0.2) is 117 Å². The van der Waals surface area contributed by atoms with Gasteiger partial charge in [0.15, 0.2) is 5.72 Å². The molecule has 2 fully saturated rings. The van der Waals surface area contributed by atoms with Gasteiger partial charge in [-0.2, -0.15) is 0 Å². The maximum Gasteiger partial charge on any atom is 0.325 e. The number of hydrogen-bond acceptors (Lipinski definition) is 12. The van der Waals surface area contributed by atoms with E-state index in [-0.39, 0.29) is 60.7 Å². The first-order valence-corrected chi connectivity index (χ1v) is 28.7. The molecule has 434 valence electrons. The molecular formula is C62H95N5O11. The summed E-state index contributed by atoms with van der Waals surface area (Å²) in [5.74, 6) is -3.88. The number of hydrazine groups is 1. The Morgan fingerprint density at radius 1 is 0.962 bits per heavy atom. The summed E-state index contributed by atoms with van der Waals surface area (Å²) in [7, 11) is 0. The number of esters is 1. The van der Waals surface area contributed by atoms with Gasteiger partial charge in [0.25, 0.3) is 5.91 Å². The Balaban J connectivity index is 0.000000407. The number of cyclic esters (lactones) is 1. The highest BCUT2D eigenvalue weighted by atomic mass is 16.5. The minimum atomic E-state index is -1.35. The van der Waals surface area contributed by atoms with Crippen LogP contribution in [0.5, 0.6) is 0 Å². The number of rotatable bonds is 14. The molecule has 2 bridgehead atoms. The van der Waals surface area contributed by atoms with Crippen LogP contribution >= 0.6 is 0 Å². The first-order valence-electron chi connectivity index (χ1n) is 28.7. The van der Waals surface area contributed by atoms with E-state index in [9.17, 15) is 44.1 Å². The molecule has 4 aliphatic heterocycles. The SMILES string of the molecule is C/C=C(\C)[C@@H]1C/C=C/C=C/[C@H](O)[C@H](C)[C@@H](O)[C@@H](CCC(C)=O)C(=O)N[C@@H](C(C)C)C(=O)N[C@@H](Cc2ccccc2)C(=O)N2CCCC(N2)C(=O)O1.C/C=C/CC[C@H](C)[C@@H](O)C[C@@H]1O[C@@]2(NC(=O)[C@@H](CC)C[C@@H]2C)C(C)=C[C@H]1C. The van der Waals surface area contributed by atoms with Crippen molar-refractivity contribution in [1.29, 1.82) is 0 Å². The highest BCUT2D eigenvalue weighted by Crippen LogP contribution is 2.43. The lowest BCUT2D eigenvalue weighted by Gasteiger charge is -2.51. The van der Waals surface area contributed by atoms with Crippen LogP contribution < -0.4 is 21.4 Å². The molecule has 4 amide bonds. The summed E-state index contributed by atoms with van der Waals surface area (Å²) in [5, 5.41) is 43.2. The van der Waals surface area contributed by atoms with Gasteiger partial charge in [-0.3, -0.25) is 29.0 Å². The quantitative estimate of drug-likeness (QED) is 0.0703. The number of carbonyl (C=O) groups is 6. The molecule has 2 saturated heterocycles. The fourth-order valence-corrected chi connectivity index (χ4v) is 10.8. The second kappa shape index (κ2) is 31.5. The second-order valence-electron chi connectivity index (χ2n) is 22.7. The first-order chi connectivity index (χ1) is 37.0. The van der Waals surface area contributed by atoms with Gasteiger partial charge in [-0.25, -0.2) is 5.43 Å². The number of aliphatic hydroxyl groups is 3. The summed E-state index contributed by atoms with van der Waals surface area (Å²) >= 11 is 0. The van der Waals surface area contributed by atoms with E-state index in [0.717, 1.165) is 42.4 Å². The number of nitrogens with one attached hydrogen (secondary N) is 4. The van der Waals surface area contributed by atoms with Gasteiger partial charge in [0, 0.05) is 55.9 Å². The molecule has 1 aromatic rings. The van der Waals surface area contributed by atoms with Gasteiger partial charge in [-0.15, -0.1) is 0 Å². The lowest BCUT2D eigenvalue weighted by atomic mass is 9.75. The monoisotopic (exact) mass is 1090 g/mol. The molecule has 5 rings (SSSR count). The van der Waals surface area contributed by atoms with E-state index in [0.29, 0.717) is 32.2 Å². The van der Waals surface area contributed by atoms with E-state index >= 15 is 0 Å². The molecule has 0 saturated carbocycles.